The number of rotatable bonds is 8. The molecule has 5 nitrogen and oxygen atoms in total. The number of nitrogens with one attached hydrogen (secondary N) is 1. The van der Waals surface area contributed by atoms with E-state index in [1.807, 2.05) is 12.1 Å². The topological polar surface area (TPSA) is 55.8 Å². The Kier molecular flexibility index (Phi) is 7.66. The maximum atomic E-state index is 11.4. The van der Waals surface area contributed by atoms with E-state index in [0.29, 0.717) is 12.0 Å². The van der Waals surface area contributed by atoms with Gasteiger partial charge in [0.05, 0.1) is 0 Å². The highest BCUT2D eigenvalue weighted by Gasteiger charge is 2.24. The predicted octanol–water partition coefficient (Wildman–Crippen LogP) is 4.43. The second-order valence-corrected chi connectivity index (χ2v) is 8.36. The van der Waals surface area contributed by atoms with Crippen molar-refractivity contribution in [2.45, 2.75) is 45.2 Å². The monoisotopic (exact) mass is 407 g/mol. The molecule has 2 aromatic carbocycles. The third kappa shape index (κ3) is 5.71. The maximum Gasteiger partial charge on any atom is 0.267 e. The quantitative estimate of drug-likeness (QED) is 0.386. The van der Waals surface area contributed by atoms with Crippen molar-refractivity contribution in [1.82, 2.24) is 10.4 Å². The Morgan fingerprint density at radius 1 is 1.30 bits per heavy atom. The zero-order valence-corrected chi connectivity index (χ0v) is 18.2. The van der Waals surface area contributed by atoms with Crippen LogP contribution in [-0.4, -0.2) is 42.2 Å². The molecular formula is C25H33N3O2. The van der Waals surface area contributed by atoms with Crippen molar-refractivity contribution in [3.05, 3.63) is 71.3 Å². The highest BCUT2D eigenvalue weighted by Crippen LogP contribution is 2.32. The SMILES string of the molecule is CC(CN1CCCC1C)c1cc(/C=C/C(=O)NO)ccc1N(C)Cc1ccccc1. The van der Waals surface area contributed by atoms with Gasteiger partial charge in [-0.15, -0.1) is 0 Å². The average molecular weight is 408 g/mol. The summed E-state index contributed by atoms with van der Waals surface area (Å²) in [5.41, 5.74) is 6.35. The lowest BCUT2D eigenvalue weighted by atomic mass is 9.95. The molecule has 1 aliphatic rings. The molecule has 2 atom stereocenters. The molecule has 0 aromatic heterocycles. The standard InChI is InChI=1S/C25H33N3O2/c1-19(17-28-15-7-8-20(28)2)23-16-21(12-14-25(29)26-30)11-13-24(23)27(3)18-22-9-5-4-6-10-22/h4-6,9-14,16,19-20,30H,7-8,15,17-18H2,1-3H3,(H,26,29)/b14-12+. The number of nitrogens with zero attached hydrogens (tertiary/aromatic N) is 2. The third-order valence-electron chi connectivity index (χ3n) is 5.99. The fourth-order valence-electron chi connectivity index (χ4n) is 4.28. The second kappa shape index (κ2) is 10.4. The summed E-state index contributed by atoms with van der Waals surface area (Å²) >= 11 is 0. The van der Waals surface area contributed by atoms with Crippen LogP contribution in [0.2, 0.25) is 0 Å². The van der Waals surface area contributed by atoms with Crippen molar-refractivity contribution < 1.29 is 10.0 Å². The zero-order chi connectivity index (χ0) is 21.5. The van der Waals surface area contributed by atoms with E-state index in [1.165, 1.54) is 35.7 Å². The lowest BCUT2D eigenvalue weighted by molar-refractivity contribution is -0.124. The molecule has 160 valence electrons. The zero-order valence-electron chi connectivity index (χ0n) is 18.2. The Morgan fingerprint density at radius 3 is 2.73 bits per heavy atom. The highest BCUT2D eigenvalue weighted by atomic mass is 16.5. The number of likely N-dealkylation sites (tertiary alicyclic amines) is 1. The summed E-state index contributed by atoms with van der Waals surface area (Å²) in [6, 6.07) is 17.4. The first kappa shape index (κ1) is 22.1. The molecule has 1 fully saturated rings. The minimum atomic E-state index is -0.527. The molecule has 5 heteroatoms. The second-order valence-electron chi connectivity index (χ2n) is 8.36. The van der Waals surface area contributed by atoms with E-state index in [1.54, 1.807) is 11.6 Å². The van der Waals surface area contributed by atoms with E-state index in [0.717, 1.165) is 25.2 Å². The summed E-state index contributed by atoms with van der Waals surface area (Å²) in [6.07, 6.45) is 5.63. The summed E-state index contributed by atoms with van der Waals surface area (Å²) in [5, 5.41) is 8.73. The fraction of sp³-hybridized carbons (Fsp3) is 0.400. The van der Waals surface area contributed by atoms with Crippen molar-refractivity contribution >= 4 is 17.7 Å². The van der Waals surface area contributed by atoms with Gasteiger partial charge in [0.25, 0.3) is 5.91 Å². The normalized spacial score (nSPS) is 17.9. The molecule has 1 saturated heterocycles. The predicted molar refractivity (Wildman–Crippen MR) is 123 cm³/mol. The van der Waals surface area contributed by atoms with Gasteiger partial charge in [-0.2, -0.15) is 0 Å². The molecule has 0 radical (unpaired) electrons. The Balaban J connectivity index is 1.87. The van der Waals surface area contributed by atoms with Crippen LogP contribution in [-0.2, 0) is 11.3 Å². The van der Waals surface area contributed by atoms with Gasteiger partial charge in [-0.3, -0.25) is 10.0 Å². The molecule has 1 aliphatic heterocycles. The highest BCUT2D eigenvalue weighted by molar-refractivity contribution is 5.90. The fourth-order valence-corrected chi connectivity index (χ4v) is 4.28. The lowest BCUT2D eigenvalue weighted by Gasteiger charge is -2.29. The molecule has 0 bridgehead atoms. The number of anilines is 1. The Morgan fingerprint density at radius 2 is 2.07 bits per heavy atom. The van der Waals surface area contributed by atoms with E-state index in [2.05, 4.69) is 67.1 Å². The molecule has 2 unspecified atom stereocenters. The van der Waals surface area contributed by atoms with Gasteiger partial charge in [0.15, 0.2) is 0 Å². The Bertz CT molecular complexity index is 866. The van der Waals surface area contributed by atoms with Crippen LogP contribution in [0.1, 0.15) is 49.3 Å². The number of hydrogen-bond donors (Lipinski definition) is 2. The van der Waals surface area contributed by atoms with Crippen LogP contribution in [0, 0.1) is 0 Å². The average Bonchev–Trinajstić information content (AvgIpc) is 3.16. The number of carbonyl (C=O) groups excluding carboxylic acids is 1. The third-order valence-corrected chi connectivity index (χ3v) is 5.99. The van der Waals surface area contributed by atoms with Gasteiger partial charge in [0, 0.05) is 37.9 Å². The molecule has 0 saturated carbocycles. The van der Waals surface area contributed by atoms with Gasteiger partial charge in [0.1, 0.15) is 0 Å². The van der Waals surface area contributed by atoms with Crippen LogP contribution in [0.15, 0.2) is 54.6 Å². The summed E-state index contributed by atoms with van der Waals surface area (Å²) in [5.74, 6) is -0.167. The van der Waals surface area contributed by atoms with Crippen LogP contribution >= 0.6 is 0 Å². The number of benzene rings is 2. The molecule has 2 N–H and O–H groups in total. The van der Waals surface area contributed by atoms with Gasteiger partial charge in [0.2, 0.25) is 0 Å². The first-order valence-electron chi connectivity index (χ1n) is 10.7. The van der Waals surface area contributed by atoms with E-state index >= 15 is 0 Å². The van der Waals surface area contributed by atoms with Crippen molar-refractivity contribution in [2.24, 2.45) is 0 Å². The minimum Gasteiger partial charge on any atom is -0.370 e. The van der Waals surface area contributed by atoms with Crippen LogP contribution in [0.25, 0.3) is 6.08 Å². The van der Waals surface area contributed by atoms with Gasteiger partial charge in [-0.25, -0.2) is 5.48 Å². The minimum absolute atomic E-state index is 0.360. The number of carbonyl (C=O) groups is 1. The van der Waals surface area contributed by atoms with E-state index in [-0.39, 0.29) is 0 Å². The first-order chi connectivity index (χ1) is 14.5. The van der Waals surface area contributed by atoms with Crippen LogP contribution in [0.3, 0.4) is 0 Å². The molecular weight excluding hydrogens is 374 g/mol. The molecule has 1 heterocycles. The molecule has 30 heavy (non-hydrogen) atoms. The van der Waals surface area contributed by atoms with Crippen LogP contribution in [0.5, 0.6) is 0 Å². The lowest BCUT2D eigenvalue weighted by Crippen LogP contribution is -2.31. The summed E-state index contributed by atoms with van der Waals surface area (Å²) < 4.78 is 0. The maximum absolute atomic E-state index is 11.4. The van der Waals surface area contributed by atoms with E-state index in [9.17, 15) is 4.79 Å². The van der Waals surface area contributed by atoms with Gasteiger partial charge in [-0.1, -0.05) is 43.3 Å². The first-order valence-corrected chi connectivity index (χ1v) is 10.7. The number of hydroxylamine groups is 1. The molecule has 2 aromatic rings. The number of amides is 1. The van der Waals surface area contributed by atoms with Crippen molar-refractivity contribution in [3.8, 4) is 0 Å². The van der Waals surface area contributed by atoms with Crippen molar-refractivity contribution in [2.75, 3.05) is 25.0 Å². The van der Waals surface area contributed by atoms with E-state index < -0.39 is 5.91 Å². The van der Waals surface area contributed by atoms with Gasteiger partial charge < -0.3 is 9.80 Å². The summed E-state index contributed by atoms with van der Waals surface area (Å²) in [7, 11) is 2.13. The van der Waals surface area contributed by atoms with Gasteiger partial charge in [-0.05, 0) is 67.1 Å². The van der Waals surface area contributed by atoms with Crippen LogP contribution in [0.4, 0.5) is 5.69 Å². The molecule has 0 aliphatic carbocycles. The van der Waals surface area contributed by atoms with Gasteiger partial charge >= 0.3 is 0 Å². The van der Waals surface area contributed by atoms with E-state index in [4.69, 9.17) is 5.21 Å². The summed E-state index contributed by atoms with van der Waals surface area (Å²) in [6.45, 7) is 7.63. The van der Waals surface area contributed by atoms with Crippen molar-refractivity contribution in [1.29, 1.82) is 0 Å². The Labute approximate surface area is 180 Å². The Hall–Kier alpha value is -2.63. The largest absolute Gasteiger partial charge is 0.370 e. The van der Waals surface area contributed by atoms with Crippen molar-refractivity contribution in [3.63, 3.8) is 0 Å². The van der Waals surface area contributed by atoms with Crippen LogP contribution < -0.4 is 10.4 Å². The molecule has 3 rings (SSSR count). The molecule has 1 amide bonds. The smallest absolute Gasteiger partial charge is 0.267 e. The molecule has 0 spiro atoms. The number of hydrogen-bond acceptors (Lipinski definition) is 4. The summed E-state index contributed by atoms with van der Waals surface area (Å²) in [4.78, 5) is 16.3.